The van der Waals surface area contributed by atoms with Crippen LogP contribution in [-0.4, -0.2) is 44.9 Å². The summed E-state index contributed by atoms with van der Waals surface area (Å²) in [6, 6.07) is 8.97. The van der Waals surface area contributed by atoms with Gasteiger partial charge >= 0.3 is 0 Å². The number of nitrogens with zero attached hydrogens (tertiary/aromatic N) is 1. The van der Waals surface area contributed by atoms with Gasteiger partial charge in [-0.1, -0.05) is 13.0 Å². The second kappa shape index (κ2) is 9.16. The van der Waals surface area contributed by atoms with Crippen molar-refractivity contribution in [1.82, 2.24) is 10.2 Å². The number of hydrogen-bond acceptors (Lipinski definition) is 6. The molecule has 0 bridgehead atoms. The Labute approximate surface area is 171 Å². The van der Waals surface area contributed by atoms with E-state index in [1.54, 1.807) is 7.11 Å². The molecule has 2 aliphatic heterocycles. The van der Waals surface area contributed by atoms with Gasteiger partial charge in [0.2, 0.25) is 5.75 Å². The zero-order valence-corrected chi connectivity index (χ0v) is 17.6. The van der Waals surface area contributed by atoms with E-state index >= 15 is 0 Å². The molecule has 0 aliphatic carbocycles. The van der Waals surface area contributed by atoms with E-state index in [-0.39, 0.29) is 0 Å². The summed E-state index contributed by atoms with van der Waals surface area (Å²) in [6.07, 6.45) is 2.59. The topological polar surface area (TPSA) is 43.0 Å². The fraction of sp³-hybridized carbons (Fsp3) is 0.545. The summed E-state index contributed by atoms with van der Waals surface area (Å²) in [5, 5.41) is 5.85. The Morgan fingerprint density at radius 2 is 2.07 bits per heavy atom. The predicted molar refractivity (Wildman–Crippen MR) is 113 cm³/mol. The SMILES string of the molecule is COc1cc(CNCC(c2cccs2)N2CCC(C)CC2)cc2c1OCCO2. The largest absolute Gasteiger partial charge is 0.493 e. The number of likely N-dealkylation sites (tertiary alicyclic amines) is 1. The maximum absolute atomic E-state index is 5.76. The number of ether oxygens (including phenoxy) is 3. The van der Waals surface area contributed by atoms with Crippen molar-refractivity contribution in [3.63, 3.8) is 0 Å². The second-order valence-electron chi connectivity index (χ2n) is 7.70. The molecule has 1 saturated heterocycles. The fourth-order valence-electron chi connectivity index (χ4n) is 4.01. The van der Waals surface area contributed by atoms with Gasteiger partial charge in [0.15, 0.2) is 11.5 Å². The van der Waals surface area contributed by atoms with E-state index in [0.29, 0.717) is 19.3 Å². The quantitative estimate of drug-likeness (QED) is 0.756. The molecule has 0 saturated carbocycles. The Balaban J connectivity index is 1.42. The van der Waals surface area contributed by atoms with Crippen LogP contribution in [0.25, 0.3) is 0 Å². The number of thiophene rings is 1. The zero-order valence-electron chi connectivity index (χ0n) is 16.8. The lowest BCUT2D eigenvalue weighted by Crippen LogP contribution is -2.40. The molecule has 1 atom stereocenters. The van der Waals surface area contributed by atoms with E-state index in [9.17, 15) is 0 Å². The van der Waals surface area contributed by atoms with Gasteiger partial charge < -0.3 is 19.5 Å². The molecule has 3 heterocycles. The maximum atomic E-state index is 5.76. The van der Waals surface area contributed by atoms with E-state index in [2.05, 4.69) is 40.7 Å². The molecule has 1 unspecified atom stereocenters. The van der Waals surface area contributed by atoms with Crippen LogP contribution < -0.4 is 19.5 Å². The van der Waals surface area contributed by atoms with Crippen molar-refractivity contribution >= 4 is 11.3 Å². The molecule has 2 aliphatic rings. The minimum Gasteiger partial charge on any atom is -0.493 e. The smallest absolute Gasteiger partial charge is 0.203 e. The molecule has 1 N–H and O–H groups in total. The van der Waals surface area contributed by atoms with Gasteiger partial charge in [-0.3, -0.25) is 4.90 Å². The van der Waals surface area contributed by atoms with Crippen molar-refractivity contribution in [3.8, 4) is 17.2 Å². The summed E-state index contributed by atoms with van der Waals surface area (Å²) < 4.78 is 17.0. The molecule has 1 aromatic carbocycles. The standard InChI is InChI=1S/C22H30N2O3S/c1-16-5-7-24(8-6-16)18(21-4-3-11-28-21)15-23-14-17-12-19(25-2)22-20(13-17)26-9-10-27-22/h3-4,11-13,16,18,23H,5-10,14-15H2,1-2H3. The lowest BCUT2D eigenvalue weighted by atomic mass is 9.97. The van der Waals surface area contributed by atoms with Crippen LogP contribution in [-0.2, 0) is 6.54 Å². The van der Waals surface area contributed by atoms with Crippen LogP contribution in [0.4, 0.5) is 0 Å². The number of benzene rings is 1. The predicted octanol–water partition coefficient (Wildman–Crippen LogP) is 4.09. The van der Waals surface area contributed by atoms with Crippen LogP contribution in [0.3, 0.4) is 0 Å². The number of piperidine rings is 1. The Bertz CT molecular complexity index is 740. The third-order valence-electron chi connectivity index (χ3n) is 5.69. The lowest BCUT2D eigenvalue weighted by Gasteiger charge is -2.36. The van der Waals surface area contributed by atoms with Gasteiger partial charge in [0, 0.05) is 18.0 Å². The number of methoxy groups -OCH3 is 1. The molecule has 1 fully saturated rings. The first kappa shape index (κ1) is 19.6. The average Bonchev–Trinajstić information content (AvgIpc) is 3.26. The number of rotatable bonds is 7. The van der Waals surface area contributed by atoms with E-state index in [4.69, 9.17) is 14.2 Å². The summed E-state index contributed by atoms with van der Waals surface area (Å²) in [4.78, 5) is 4.09. The highest BCUT2D eigenvalue weighted by molar-refractivity contribution is 7.10. The Morgan fingerprint density at radius 1 is 1.25 bits per heavy atom. The first-order valence-corrected chi connectivity index (χ1v) is 11.1. The molecule has 0 amide bonds. The number of nitrogens with one attached hydrogen (secondary N) is 1. The van der Waals surface area contributed by atoms with Gasteiger partial charge in [-0.15, -0.1) is 11.3 Å². The van der Waals surface area contributed by atoms with Crippen LogP contribution >= 0.6 is 11.3 Å². The van der Waals surface area contributed by atoms with Gasteiger partial charge in [-0.25, -0.2) is 0 Å². The first-order valence-electron chi connectivity index (χ1n) is 10.2. The van der Waals surface area contributed by atoms with E-state index in [0.717, 1.165) is 41.8 Å². The van der Waals surface area contributed by atoms with Crippen molar-refractivity contribution in [3.05, 3.63) is 40.1 Å². The minimum absolute atomic E-state index is 0.437. The van der Waals surface area contributed by atoms with Crippen LogP contribution in [0.15, 0.2) is 29.6 Å². The Morgan fingerprint density at radius 3 is 2.82 bits per heavy atom. The van der Waals surface area contributed by atoms with E-state index < -0.39 is 0 Å². The third kappa shape index (κ3) is 4.45. The molecule has 28 heavy (non-hydrogen) atoms. The molecule has 6 heteroatoms. The molecule has 1 aromatic heterocycles. The molecule has 0 spiro atoms. The Kier molecular flexibility index (Phi) is 6.40. The number of fused-ring (bicyclic) bond motifs is 1. The van der Waals surface area contributed by atoms with Gasteiger partial charge in [-0.05, 0) is 61.0 Å². The van der Waals surface area contributed by atoms with Crippen molar-refractivity contribution in [2.75, 3.05) is 40.0 Å². The molecule has 152 valence electrons. The molecular formula is C22H30N2O3S. The molecule has 0 radical (unpaired) electrons. The maximum Gasteiger partial charge on any atom is 0.203 e. The molecule has 5 nitrogen and oxygen atoms in total. The van der Waals surface area contributed by atoms with Crippen molar-refractivity contribution in [2.24, 2.45) is 5.92 Å². The van der Waals surface area contributed by atoms with Crippen LogP contribution in [0.5, 0.6) is 17.2 Å². The van der Waals surface area contributed by atoms with Crippen molar-refractivity contribution in [2.45, 2.75) is 32.4 Å². The summed E-state index contributed by atoms with van der Waals surface area (Å²) >= 11 is 1.86. The Hall–Kier alpha value is -1.76. The van der Waals surface area contributed by atoms with Gasteiger partial charge in [0.25, 0.3) is 0 Å². The summed E-state index contributed by atoms with van der Waals surface area (Å²) in [5.74, 6) is 3.09. The van der Waals surface area contributed by atoms with Crippen molar-refractivity contribution in [1.29, 1.82) is 0 Å². The van der Waals surface area contributed by atoms with E-state index in [1.807, 2.05) is 17.4 Å². The van der Waals surface area contributed by atoms with Crippen molar-refractivity contribution < 1.29 is 14.2 Å². The van der Waals surface area contributed by atoms with Gasteiger partial charge in [-0.2, -0.15) is 0 Å². The second-order valence-corrected chi connectivity index (χ2v) is 8.68. The zero-order chi connectivity index (χ0) is 19.3. The lowest BCUT2D eigenvalue weighted by molar-refractivity contribution is 0.137. The fourth-order valence-corrected chi connectivity index (χ4v) is 4.87. The van der Waals surface area contributed by atoms with Crippen LogP contribution in [0.1, 0.15) is 36.2 Å². The summed E-state index contributed by atoms with van der Waals surface area (Å²) in [6.45, 7) is 7.60. The molecule has 4 rings (SSSR count). The number of hydrogen-bond donors (Lipinski definition) is 1. The highest BCUT2D eigenvalue weighted by atomic mass is 32.1. The van der Waals surface area contributed by atoms with Gasteiger partial charge in [0.05, 0.1) is 13.2 Å². The monoisotopic (exact) mass is 402 g/mol. The summed E-state index contributed by atoms with van der Waals surface area (Å²) in [5.41, 5.74) is 1.15. The molecular weight excluding hydrogens is 372 g/mol. The average molecular weight is 403 g/mol. The molecule has 2 aromatic rings. The normalized spacial score (nSPS) is 18.8. The third-order valence-corrected chi connectivity index (χ3v) is 6.66. The van der Waals surface area contributed by atoms with Crippen LogP contribution in [0, 0.1) is 5.92 Å². The highest BCUT2D eigenvalue weighted by Crippen LogP contribution is 2.40. The minimum atomic E-state index is 0.437. The van der Waals surface area contributed by atoms with Gasteiger partial charge in [0.1, 0.15) is 13.2 Å². The highest BCUT2D eigenvalue weighted by Gasteiger charge is 2.25. The first-order chi connectivity index (χ1) is 13.7. The van der Waals surface area contributed by atoms with E-state index in [1.165, 1.54) is 30.8 Å². The summed E-state index contributed by atoms with van der Waals surface area (Å²) in [7, 11) is 1.68. The van der Waals surface area contributed by atoms with Crippen LogP contribution in [0.2, 0.25) is 0 Å².